The molecule has 3 heterocycles. The van der Waals surface area contributed by atoms with Crippen molar-refractivity contribution < 1.29 is 14.2 Å². The molecule has 0 radical (unpaired) electrons. The molecule has 1 fully saturated rings. The third-order valence-electron chi connectivity index (χ3n) is 5.27. The highest BCUT2D eigenvalue weighted by Gasteiger charge is 2.25. The average molecular weight is 398 g/mol. The van der Waals surface area contributed by atoms with Crippen molar-refractivity contribution in [2.24, 2.45) is 0 Å². The van der Waals surface area contributed by atoms with Crippen LogP contribution in [-0.4, -0.2) is 43.2 Å². The van der Waals surface area contributed by atoms with E-state index in [0.29, 0.717) is 23.2 Å². The number of fused-ring (bicyclic) bond motifs is 1. The van der Waals surface area contributed by atoms with Crippen LogP contribution in [-0.2, 0) is 6.54 Å². The molecule has 29 heavy (non-hydrogen) atoms. The quantitative estimate of drug-likeness (QED) is 0.710. The van der Waals surface area contributed by atoms with Crippen LogP contribution in [0.4, 0.5) is 4.39 Å². The smallest absolute Gasteiger partial charge is 0.237 e. The molecule has 4 rings (SSSR count). The number of likely N-dealkylation sites (tertiary alicyclic amines) is 1. The first kappa shape index (κ1) is 19.6. The molecule has 2 aromatic heterocycles. The molecule has 1 aliphatic rings. The van der Waals surface area contributed by atoms with Crippen molar-refractivity contribution in [2.45, 2.75) is 51.8 Å². The predicted molar refractivity (Wildman–Crippen MR) is 110 cm³/mol. The molecule has 0 unspecified atom stereocenters. The number of aromatic hydroxyl groups is 1. The van der Waals surface area contributed by atoms with E-state index in [9.17, 15) is 9.50 Å². The van der Waals surface area contributed by atoms with Gasteiger partial charge < -0.3 is 14.4 Å². The summed E-state index contributed by atoms with van der Waals surface area (Å²) in [6.07, 6.45) is 6.81. The number of halogens is 1. The number of piperidine rings is 1. The molecule has 3 aromatic rings. The maximum absolute atomic E-state index is 14.0. The van der Waals surface area contributed by atoms with Crippen molar-refractivity contribution in [1.82, 2.24) is 19.4 Å². The third-order valence-corrected chi connectivity index (χ3v) is 5.27. The molecule has 1 saturated heterocycles. The normalized spacial score (nSPS) is 16.4. The van der Waals surface area contributed by atoms with Gasteiger partial charge in [0.1, 0.15) is 17.1 Å². The van der Waals surface area contributed by atoms with Crippen LogP contribution in [0.15, 0.2) is 36.8 Å². The van der Waals surface area contributed by atoms with Crippen molar-refractivity contribution >= 4 is 10.8 Å². The molecule has 6 nitrogen and oxygen atoms in total. The average Bonchev–Trinajstić information content (AvgIpc) is 3.01. The number of benzene rings is 1. The zero-order chi connectivity index (χ0) is 20.6. The fourth-order valence-electron chi connectivity index (χ4n) is 3.89. The summed E-state index contributed by atoms with van der Waals surface area (Å²) in [5.74, 6) is 0.419. The zero-order valence-electron chi connectivity index (χ0n) is 17.1. The second-order valence-electron chi connectivity index (χ2n) is 8.59. The van der Waals surface area contributed by atoms with Crippen LogP contribution in [0.1, 0.15) is 45.3 Å². The molecule has 7 heteroatoms. The lowest BCUT2D eigenvalue weighted by Gasteiger charge is -2.33. The Hall–Kier alpha value is -2.67. The van der Waals surface area contributed by atoms with Crippen LogP contribution < -0.4 is 4.74 Å². The third kappa shape index (κ3) is 4.19. The molecular weight excluding hydrogens is 371 g/mol. The van der Waals surface area contributed by atoms with E-state index < -0.39 is 0 Å². The van der Waals surface area contributed by atoms with E-state index in [1.165, 1.54) is 6.07 Å². The van der Waals surface area contributed by atoms with E-state index in [4.69, 9.17) is 4.74 Å². The van der Waals surface area contributed by atoms with Gasteiger partial charge in [-0.3, -0.25) is 9.88 Å². The van der Waals surface area contributed by atoms with Crippen LogP contribution in [0.25, 0.3) is 10.8 Å². The Balaban J connectivity index is 1.45. The lowest BCUT2D eigenvalue weighted by Crippen LogP contribution is -2.34. The van der Waals surface area contributed by atoms with Crippen LogP contribution >= 0.6 is 0 Å². The molecule has 0 aliphatic carbocycles. The van der Waals surface area contributed by atoms with Crippen LogP contribution in [0.5, 0.6) is 11.8 Å². The monoisotopic (exact) mass is 398 g/mol. The number of rotatable bonds is 4. The molecule has 0 atom stereocenters. The number of hydrogen-bond acceptors (Lipinski definition) is 5. The molecule has 0 bridgehead atoms. The van der Waals surface area contributed by atoms with Crippen LogP contribution in [0.2, 0.25) is 0 Å². The van der Waals surface area contributed by atoms with Gasteiger partial charge in [-0.2, -0.15) is 0 Å². The molecule has 1 aliphatic heterocycles. The van der Waals surface area contributed by atoms with E-state index in [0.717, 1.165) is 31.6 Å². The Morgan fingerprint density at radius 3 is 2.55 bits per heavy atom. The number of aromatic nitrogens is 3. The van der Waals surface area contributed by atoms with Crippen molar-refractivity contribution in [2.75, 3.05) is 13.1 Å². The summed E-state index contributed by atoms with van der Waals surface area (Å²) in [6, 6.07) is 4.95. The fourth-order valence-corrected chi connectivity index (χ4v) is 3.89. The summed E-state index contributed by atoms with van der Waals surface area (Å²) in [6.45, 7) is 8.35. The lowest BCUT2D eigenvalue weighted by molar-refractivity contribution is 0.116. The Labute approximate surface area is 170 Å². The zero-order valence-corrected chi connectivity index (χ0v) is 17.1. The Kier molecular flexibility index (Phi) is 5.17. The Bertz CT molecular complexity index is 1000. The van der Waals surface area contributed by atoms with E-state index in [2.05, 4.69) is 14.9 Å². The van der Waals surface area contributed by atoms with Crippen molar-refractivity contribution in [3.63, 3.8) is 0 Å². The first-order valence-electron chi connectivity index (χ1n) is 10.0. The summed E-state index contributed by atoms with van der Waals surface area (Å²) >= 11 is 0. The highest BCUT2D eigenvalue weighted by atomic mass is 19.1. The standard InChI is InChI=1S/C22H27FN4O2/c1-22(2,3)29-20-19(24-9-10-25-20)14-26-11-7-15(8-12-26)27-13-17-16(21(27)28)5-4-6-18(17)23/h4-6,9-10,13,15,28H,7-8,11-12,14H2,1-3H3. The fraction of sp³-hybridized carbons (Fsp3) is 0.455. The second-order valence-corrected chi connectivity index (χ2v) is 8.59. The largest absolute Gasteiger partial charge is 0.494 e. The molecular formula is C22H27FN4O2. The van der Waals surface area contributed by atoms with Gasteiger partial charge in [0.15, 0.2) is 5.88 Å². The van der Waals surface area contributed by atoms with Gasteiger partial charge >= 0.3 is 0 Å². The molecule has 0 amide bonds. The summed E-state index contributed by atoms with van der Waals surface area (Å²) in [5.41, 5.74) is 0.499. The van der Waals surface area contributed by atoms with Crippen LogP contribution in [0, 0.1) is 5.82 Å². The summed E-state index contributed by atoms with van der Waals surface area (Å²) in [7, 11) is 0. The van der Waals surface area contributed by atoms with Gasteiger partial charge in [0, 0.05) is 55.0 Å². The number of ether oxygens (including phenoxy) is 1. The van der Waals surface area contributed by atoms with Crippen molar-refractivity contribution in [3.05, 3.63) is 48.3 Å². The number of hydrogen-bond donors (Lipinski definition) is 1. The number of nitrogens with zero attached hydrogens (tertiary/aromatic N) is 4. The highest BCUT2D eigenvalue weighted by molar-refractivity contribution is 5.88. The van der Waals surface area contributed by atoms with Crippen molar-refractivity contribution in [1.29, 1.82) is 0 Å². The summed E-state index contributed by atoms with van der Waals surface area (Å²) in [5, 5.41) is 11.6. The first-order valence-corrected chi connectivity index (χ1v) is 10.0. The minimum Gasteiger partial charge on any atom is -0.494 e. The van der Waals surface area contributed by atoms with E-state index in [-0.39, 0.29) is 23.3 Å². The lowest BCUT2D eigenvalue weighted by atomic mass is 10.0. The summed E-state index contributed by atoms with van der Waals surface area (Å²) < 4.78 is 21.8. The van der Waals surface area contributed by atoms with Gasteiger partial charge in [-0.15, -0.1) is 0 Å². The highest BCUT2D eigenvalue weighted by Crippen LogP contribution is 2.35. The topological polar surface area (TPSA) is 63.4 Å². The molecule has 0 saturated carbocycles. The minimum absolute atomic E-state index is 0.144. The first-order chi connectivity index (χ1) is 13.8. The molecule has 154 valence electrons. The van der Waals surface area contributed by atoms with E-state index >= 15 is 0 Å². The molecule has 1 aromatic carbocycles. The molecule has 1 N–H and O–H groups in total. The Morgan fingerprint density at radius 1 is 1.14 bits per heavy atom. The Morgan fingerprint density at radius 2 is 1.86 bits per heavy atom. The van der Waals surface area contributed by atoms with Gasteiger partial charge in [-0.1, -0.05) is 6.07 Å². The minimum atomic E-state index is -0.332. The van der Waals surface area contributed by atoms with Crippen molar-refractivity contribution in [3.8, 4) is 11.8 Å². The molecule has 0 spiro atoms. The predicted octanol–water partition coefficient (Wildman–Crippen LogP) is 4.29. The van der Waals surface area contributed by atoms with Gasteiger partial charge in [0.05, 0.1) is 0 Å². The van der Waals surface area contributed by atoms with Gasteiger partial charge in [0.2, 0.25) is 5.88 Å². The van der Waals surface area contributed by atoms with Crippen LogP contribution in [0.3, 0.4) is 0 Å². The van der Waals surface area contributed by atoms with E-state index in [1.807, 2.05) is 25.3 Å². The summed E-state index contributed by atoms with van der Waals surface area (Å²) in [4.78, 5) is 11.1. The van der Waals surface area contributed by atoms with E-state index in [1.54, 1.807) is 30.7 Å². The van der Waals surface area contributed by atoms with Gasteiger partial charge in [-0.25, -0.2) is 9.37 Å². The maximum Gasteiger partial charge on any atom is 0.237 e. The SMILES string of the molecule is CC(C)(C)Oc1nccnc1CN1CCC(n2cc3c(F)cccc3c2O)CC1. The van der Waals surface area contributed by atoms with Gasteiger partial charge in [0.25, 0.3) is 0 Å². The second kappa shape index (κ2) is 7.63. The maximum atomic E-state index is 14.0. The van der Waals surface area contributed by atoms with Gasteiger partial charge in [-0.05, 0) is 45.7 Å².